The maximum atomic E-state index is 13.9. The second kappa shape index (κ2) is 13.3. The van der Waals surface area contributed by atoms with E-state index in [9.17, 15) is 24.3 Å². The van der Waals surface area contributed by atoms with Crippen LogP contribution in [0.4, 0.5) is 20.7 Å². The Morgan fingerprint density at radius 1 is 1.14 bits per heavy atom. The Kier molecular flexibility index (Phi) is 9.33. The van der Waals surface area contributed by atoms with Crippen molar-refractivity contribution in [2.24, 2.45) is 5.41 Å². The van der Waals surface area contributed by atoms with Gasteiger partial charge in [-0.05, 0) is 42.2 Å². The molecule has 4 heterocycles. The molecule has 13 heteroatoms. The number of nitrogens with zero attached hydrogens (tertiary/aromatic N) is 7. The fourth-order valence-electron chi connectivity index (χ4n) is 7.70. The molecule has 0 aliphatic carbocycles. The van der Waals surface area contributed by atoms with Gasteiger partial charge in [0.2, 0.25) is 0 Å². The number of aromatic nitrogens is 2. The van der Waals surface area contributed by atoms with E-state index in [4.69, 9.17) is 26.3 Å². The minimum absolute atomic E-state index is 0.0148. The van der Waals surface area contributed by atoms with Crippen molar-refractivity contribution in [1.29, 1.82) is 5.26 Å². The summed E-state index contributed by atoms with van der Waals surface area (Å²) in [5.74, 6) is -1.24. The molecule has 3 aliphatic heterocycles. The summed E-state index contributed by atoms with van der Waals surface area (Å²) in [4.78, 5) is 41.9. The highest BCUT2D eigenvalue weighted by atomic mass is 35.5. The van der Waals surface area contributed by atoms with Crippen molar-refractivity contribution in [3.63, 3.8) is 0 Å². The molecule has 0 saturated carbocycles. The highest BCUT2D eigenvalue weighted by Gasteiger charge is 2.53. The standard InChI is InChI=1S/C36H41ClFN7O4/c1-23(38)32(46)44-19-18-43(20-25(44)12-15-39)31-26-13-17-42(29-11-6-9-24-8-5-10-27(37)30(24)29)21-28(26)40-33(41-31)49-22-36(35(2,3)4)14-7-16-45(36)34(47)48/h5-6,8-11,25H,1,7,12-14,16-22H2,2-4H3,(H,47,48)/t25-,36+/m0/s1. The Morgan fingerprint density at radius 3 is 2.59 bits per heavy atom. The van der Waals surface area contributed by atoms with Gasteiger partial charge < -0.3 is 24.5 Å². The average molecular weight is 690 g/mol. The summed E-state index contributed by atoms with van der Waals surface area (Å²) in [6.45, 7) is 11.6. The average Bonchev–Trinajstić information content (AvgIpc) is 3.53. The van der Waals surface area contributed by atoms with Crippen LogP contribution in [-0.2, 0) is 17.8 Å². The number of halogens is 2. The predicted molar refractivity (Wildman–Crippen MR) is 186 cm³/mol. The number of rotatable bonds is 7. The number of carboxylic acid groups (broad SMARTS) is 1. The number of nitriles is 1. The Hall–Kier alpha value is -4.63. The van der Waals surface area contributed by atoms with Crippen molar-refractivity contribution in [2.75, 3.05) is 49.1 Å². The van der Waals surface area contributed by atoms with Crippen molar-refractivity contribution in [2.45, 2.75) is 64.6 Å². The molecule has 0 radical (unpaired) electrons. The summed E-state index contributed by atoms with van der Waals surface area (Å²) in [7, 11) is 0. The van der Waals surface area contributed by atoms with Crippen LogP contribution >= 0.6 is 11.6 Å². The van der Waals surface area contributed by atoms with Gasteiger partial charge in [-0.25, -0.2) is 9.18 Å². The van der Waals surface area contributed by atoms with E-state index in [2.05, 4.69) is 17.5 Å². The molecule has 2 amide bonds. The van der Waals surface area contributed by atoms with Gasteiger partial charge in [-0.1, -0.05) is 63.2 Å². The Balaban J connectivity index is 1.39. The van der Waals surface area contributed by atoms with Gasteiger partial charge in [0.1, 0.15) is 12.4 Å². The normalized spacial score (nSPS) is 21.0. The van der Waals surface area contributed by atoms with Gasteiger partial charge >= 0.3 is 12.1 Å². The highest BCUT2D eigenvalue weighted by Crippen LogP contribution is 2.44. The van der Waals surface area contributed by atoms with Crippen LogP contribution in [0.25, 0.3) is 10.8 Å². The number of likely N-dealkylation sites (tertiary alicyclic amines) is 1. The predicted octanol–water partition coefficient (Wildman–Crippen LogP) is 6.20. The summed E-state index contributed by atoms with van der Waals surface area (Å²) in [6, 6.07) is 13.6. The minimum atomic E-state index is -1.06. The van der Waals surface area contributed by atoms with Gasteiger partial charge in [0.15, 0.2) is 5.83 Å². The Labute approximate surface area is 290 Å². The molecule has 2 aromatic carbocycles. The van der Waals surface area contributed by atoms with Gasteiger partial charge in [0, 0.05) is 49.4 Å². The topological polar surface area (TPSA) is 126 Å². The van der Waals surface area contributed by atoms with E-state index in [0.717, 1.165) is 34.1 Å². The van der Waals surface area contributed by atoms with E-state index in [0.29, 0.717) is 49.9 Å². The summed E-state index contributed by atoms with van der Waals surface area (Å²) in [6.07, 6.45) is 0.996. The first kappa shape index (κ1) is 34.2. The summed E-state index contributed by atoms with van der Waals surface area (Å²) in [5, 5.41) is 22.3. The lowest BCUT2D eigenvalue weighted by molar-refractivity contribution is -0.131. The zero-order valence-corrected chi connectivity index (χ0v) is 28.8. The molecule has 0 unspecified atom stereocenters. The minimum Gasteiger partial charge on any atom is -0.465 e. The number of fused-ring (bicyclic) bond motifs is 2. The van der Waals surface area contributed by atoms with Crippen LogP contribution in [-0.4, -0.2) is 87.8 Å². The van der Waals surface area contributed by atoms with Gasteiger partial charge in [0.25, 0.3) is 5.91 Å². The van der Waals surface area contributed by atoms with Crippen molar-refractivity contribution in [1.82, 2.24) is 19.8 Å². The fourth-order valence-corrected chi connectivity index (χ4v) is 7.98. The number of hydrogen-bond acceptors (Lipinski definition) is 8. The summed E-state index contributed by atoms with van der Waals surface area (Å²) < 4.78 is 20.3. The Bertz CT molecular complexity index is 1840. The van der Waals surface area contributed by atoms with Crippen molar-refractivity contribution in [3.8, 4) is 12.1 Å². The lowest BCUT2D eigenvalue weighted by Gasteiger charge is -2.46. The van der Waals surface area contributed by atoms with Crippen molar-refractivity contribution in [3.05, 3.63) is 65.1 Å². The molecule has 0 bridgehead atoms. The number of hydrogen-bond donors (Lipinski definition) is 1. The molecule has 258 valence electrons. The fraction of sp³-hybridized carbons (Fsp3) is 0.472. The molecule has 2 fully saturated rings. The van der Waals surface area contributed by atoms with Crippen LogP contribution in [0.5, 0.6) is 6.01 Å². The largest absolute Gasteiger partial charge is 0.465 e. The van der Waals surface area contributed by atoms with E-state index in [-0.39, 0.29) is 32.1 Å². The number of anilines is 2. The zero-order valence-electron chi connectivity index (χ0n) is 28.1. The van der Waals surface area contributed by atoms with E-state index in [1.165, 1.54) is 9.80 Å². The van der Waals surface area contributed by atoms with Crippen LogP contribution in [0.3, 0.4) is 0 Å². The Morgan fingerprint density at radius 2 is 1.90 bits per heavy atom. The first-order valence-electron chi connectivity index (χ1n) is 16.6. The van der Waals surface area contributed by atoms with Crippen LogP contribution in [0, 0.1) is 16.7 Å². The van der Waals surface area contributed by atoms with Crippen molar-refractivity contribution < 1.29 is 23.8 Å². The molecule has 6 rings (SSSR count). The van der Waals surface area contributed by atoms with Crippen molar-refractivity contribution >= 4 is 45.9 Å². The summed E-state index contributed by atoms with van der Waals surface area (Å²) >= 11 is 6.71. The molecular weight excluding hydrogens is 649 g/mol. The number of piperazine rings is 1. The molecule has 49 heavy (non-hydrogen) atoms. The van der Waals surface area contributed by atoms with E-state index in [1.807, 2.05) is 62.1 Å². The first-order valence-corrected chi connectivity index (χ1v) is 16.9. The second-order valence-corrected chi connectivity index (χ2v) is 14.4. The molecule has 1 N–H and O–H groups in total. The molecule has 3 aliphatic rings. The number of benzene rings is 2. The number of ether oxygens (including phenoxy) is 1. The van der Waals surface area contributed by atoms with Crippen LogP contribution in [0.15, 0.2) is 48.8 Å². The van der Waals surface area contributed by atoms with Gasteiger partial charge in [0.05, 0.1) is 41.3 Å². The molecule has 2 atom stereocenters. The van der Waals surface area contributed by atoms with Gasteiger partial charge in [-0.3, -0.25) is 9.69 Å². The third-order valence-corrected chi connectivity index (χ3v) is 10.7. The monoisotopic (exact) mass is 689 g/mol. The number of amides is 2. The first-order chi connectivity index (χ1) is 23.3. The maximum Gasteiger partial charge on any atom is 0.407 e. The third kappa shape index (κ3) is 6.32. The maximum absolute atomic E-state index is 13.9. The van der Waals surface area contributed by atoms with E-state index < -0.39 is 34.8 Å². The molecule has 1 aromatic heterocycles. The number of carbonyl (C=O) groups excluding carboxylic acids is 1. The SMILES string of the molecule is C=C(F)C(=O)N1CCN(c2nc(OC[C@@]3(C(C)(C)C)CCCN3C(=O)O)nc3c2CCN(c2cccc4cccc(Cl)c24)C3)C[C@@H]1CC#N. The van der Waals surface area contributed by atoms with Gasteiger partial charge in [-0.2, -0.15) is 15.2 Å². The third-order valence-electron chi connectivity index (χ3n) is 10.4. The molecule has 3 aromatic rings. The lowest BCUT2D eigenvalue weighted by atomic mass is 9.72. The molecular formula is C36H41ClFN7O4. The van der Waals surface area contributed by atoms with Crippen LogP contribution in [0.2, 0.25) is 5.02 Å². The van der Waals surface area contributed by atoms with Crippen LogP contribution < -0.4 is 14.5 Å². The highest BCUT2D eigenvalue weighted by molar-refractivity contribution is 6.36. The smallest absolute Gasteiger partial charge is 0.407 e. The molecule has 2 saturated heterocycles. The zero-order chi connectivity index (χ0) is 35.1. The van der Waals surface area contributed by atoms with Crippen LogP contribution in [0.1, 0.15) is 51.3 Å². The summed E-state index contributed by atoms with van der Waals surface area (Å²) in [5.41, 5.74) is 1.45. The second-order valence-electron chi connectivity index (χ2n) is 14.0. The molecule has 11 nitrogen and oxygen atoms in total. The van der Waals surface area contributed by atoms with Gasteiger partial charge in [-0.15, -0.1) is 0 Å². The molecule has 0 spiro atoms. The quantitative estimate of drug-likeness (QED) is 0.289. The number of carbonyl (C=O) groups is 2. The lowest BCUT2D eigenvalue weighted by Crippen LogP contribution is -2.59. The van der Waals surface area contributed by atoms with E-state index >= 15 is 0 Å². The van der Waals surface area contributed by atoms with E-state index in [1.54, 1.807) is 0 Å².